The molecule has 5 rings (SSSR count). The smallest absolute Gasteiger partial charge is 0.416 e. The van der Waals surface area contributed by atoms with Crippen LogP contribution < -0.4 is 15.0 Å². The molecule has 0 radical (unpaired) electrons. The van der Waals surface area contributed by atoms with Crippen LogP contribution >= 0.6 is 0 Å². The van der Waals surface area contributed by atoms with E-state index in [-0.39, 0.29) is 11.3 Å². The van der Waals surface area contributed by atoms with Crippen LogP contribution in [0, 0.1) is 6.92 Å². The summed E-state index contributed by atoms with van der Waals surface area (Å²) in [6.45, 7) is 4.15. The van der Waals surface area contributed by atoms with E-state index in [2.05, 4.69) is 20.2 Å². The van der Waals surface area contributed by atoms with Gasteiger partial charge in [0.25, 0.3) is 5.91 Å². The monoisotopic (exact) mass is 550 g/mol. The number of alkyl halides is 3. The number of amides is 1. The molecule has 0 atom stereocenters. The van der Waals surface area contributed by atoms with Crippen molar-refractivity contribution in [1.82, 2.24) is 9.97 Å². The topological polar surface area (TPSA) is 96.8 Å². The third-order valence-electron chi connectivity index (χ3n) is 6.34. The number of benzene rings is 2. The highest BCUT2D eigenvalue weighted by Crippen LogP contribution is 2.36. The summed E-state index contributed by atoms with van der Waals surface area (Å²) in [5.41, 5.74) is 2.08. The molecule has 0 spiro atoms. The number of anilines is 2. The number of phenolic OH excluding ortho intramolecular Hbond substituents is 1. The predicted molar refractivity (Wildman–Crippen MR) is 143 cm³/mol. The molecule has 4 aromatic rings. The van der Waals surface area contributed by atoms with Gasteiger partial charge >= 0.3 is 6.18 Å². The van der Waals surface area contributed by atoms with Crippen molar-refractivity contribution in [3.8, 4) is 28.5 Å². The lowest BCUT2D eigenvalue weighted by Gasteiger charge is -2.30. The van der Waals surface area contributed by atoms with Crippen molar-refractivity contribution >= 4 is 17.3 Å². The summed E-state index contributed by atoms with van der Waals surface area (Å²) in [5, 5.41) is 12.2. The normalized spacial score (nSPS) is 13.7. The van der Waals surface area contributed by atoms with Gasteiger partial charge in [0.1, 0.15) is 17.2 Å². The van der Waals surface area contributed by atoms with Gasteiger partial charge in [-0.25, -0.2) is 4.98 Å². The third kappa shape index (κ3) is 6.15. The first-order chi connectivity index (χ1) is 19.2. The van der Waals surface area contributed by atoms with Gasteiger partial charge in [0.2, 0.25) is 5.88 Å². The number of nitrogens with zero attached hydrogens (tertiary/aromatic N) is 3. The highest BCUT2D eigenvalue weighted by Gasteiger charge is 2.31. The lowest BCUT2D eigenvalue weighted by molar-refractivity contribution is -0.137. The zero-order valence-corrected chi connectivity index (χ0v) is 21.4. The quantitative estimate of drug-likeness (QED) is 0.301. The number of ether oxygens (including phenoxy) is 2. The van der Waals surface area contributed by atoms with Gasteiger partial charge in [-0.1, -0.05) is 6.07 Å². The van der Waals surface area contributed by atoms with Gasteiger partial charge < -0.3 is 24.8 Å². The first-order valence-electron chi connectivity index (χ1n) is 12.4. The largest absolute Gasteiger partial charge is 0.508 e. The summed E-state index contributed by atoms with van der Waals surface area (Å²) < 4.78 is 50.8. The molecule has 1 saturated heterocycles. The summed E-state index contributed by atoms with van der Waals surface area (Å²) in [7, 11) is 0. The fraction of sp³-hybridized carbons (Fsp3) is 0.207. The molecule has 1 aliphatic heterocycles. The first kappa shape index (κ1) is 26.9. The molecule has 0 aliphatic carbocycles. The number of hydrogen-bond acceptors (Lipinski definition) is 7. The lowest BCUT2D eigenvalue weighted by atomic mass is 10.0. The predicted octanol–water partition coefficient (Wildman–Crippen LogP) is 6.06. The molecule has 11 heteroatoms. The van der Waals surface area contributed by atoms with Gasteiger partial charge in [0.05, 0.1) is 30.7 Å². The minimum absolute atomic E-state index is 0.118. The van der Waals surface area contributed by atoms with Crippen molar-refractivity contribution in [3.63, 3.8) is 0 Å². The Morgan fingerprint density at radius 2 is 1.77 bits per heavy atom. The molecule has 1 aliphatic rings. The Morgan fingerprint density at radius 3 is 2.50 bits per heavy atom. The van der Waals surface area contributed by atoms with E-state index in [9.17, 15) is 23.1 Å². The molecule has 1 amide bonds. The maximum atomic E-state index is 13.1. The number of phenols is 1. The average Bonchev–Trinajstić information content (AvgIpc) is 2.95. The van der Waals surface area contributed by atoms with Crippen LogP contribution in [0.4, 0.5) is 24.5 Å². The van der Waals surface area contributed by atoms with Crippen molar-refractivity contribution in [1.29, 1.82) is 0 Å². The molecule has 2 aromatic heterocycles. The molecule has 2 N–H and O–H groups in total. The van der Waals surface area contributed by atoms with E-state index in [0.29, 0.717) is 60.4 Å². The van der Waals surface area contributed by atoms with Crippen LogP contribution in [0.25, 0.3) is 11.1 Å². The van der Waals surface area contributed by atoms with Crippen molar-refractivity contribution in [2.45, 2.75) is 13.1 Å². The maximum Gasteiger partial charge on any atom is 0.416 e. The average molecular weight is 551 g/mol. The van der Waals surface area contributed by atoms with Crippen molar-refractivity contribution in [3.05, 3.63) is 89.9 Å². The van der Waals surface area contributed by atoms with Crippen LogP contribution in [-0.4, -0.2) is 47.3 Å². The van der Waals surface area contributed by atoms with E-state index in [4.69, 9.17) is 9.47 Å². The standard InChI is InChI=1S/C29H25F3N4O4/c1-18-25(15-22(17-33-18)35-27(38)19-3-2-4-21(13-19)29(30,31)32)20-14-26(36-9-11-39-12-10-36)28(34-16-20)40-24-7-5-23(37)6-8-24/h2-8,13-17,37H,9-12H2,1H3,(H,35,38). The van der Waals surface area contributed by atoms with Crippen LogP contribution in [0.5, 0.6) is 17.4 Å². The molecular weight excluding hydrogens is 525 g/mol. The fourth-order valence-corrected chi connectivity index (χ4v) is 4.26. The number of carbonyl (C=O) groups is 1. The van der Waals surface area contributed by atoms with Gasteiger partial charge in [-0.05, 0) is 61.5 Å². The molecule has 8 nitrogen and oxygen atoms in total. The lowest BCUT2D eigenvalue weighted by Crippen LogP contribution is -2.36. The number of rotatable bonds is 6. The van der Waals surface area contributed by atoms with E-state index in [1.165, 1.54) is 30.5 Å². The Balaban J connectivity index is 1.45. The fourth-order valence-electron chi connectivity index (χ4n) is 4.26. The Labute approximate surface area is 228 Å². The maximum absolute atomic E-state index is 13.1. The minimum atomic E-state index is -4.56. The van der Waals surface area contributed by atoms with E-state index < -0.39 is 17.6 Å². The zero-order chi connectivity index (χ0) is 28.3. The molecule has 40 heavy (non-hydrogen) atoms. The van der Waals surface area contributed by atoms with Gasteiger partial charge in [-0.15, -0.1) is 0 Å². The van der Waals surface area contributed by atoms with Gasteiger partial charge in [0.15, 0.2) is 0 Å². The van der Waals surface area contributed by atoms with E-state index in [1.807, 2.05) is 13.0 Å². The summed E-state index contributed by atoms with van der Waals surface area (Å²) >= 11 is 0. The van der Waals surface area contributed by atoms with Gasteiger partial charge in [-0.3, -0.25) is 9.78 Å². The number of pyridine rings is 2. The number of halogens is 3. The Kier molecular flexibility index (Phi) is 7.56. The van der Waals surface area contributed by atoms with Crippen LogP contribution in [0.3, 0.4) is 0 Å². The Bertz CT molecular complexity index is 1520. The Morgan fingerprint density at radius 1 is 1.02 bits per heavy atom. The van der Waals surface area contributed by atoms with Gasteiger partial charge in [0, 0.05) is 41.7 Å². The number of nitrogens with one attached hydrogen (secondary N) is 1. The summed E-state index contributed by atoms with van der Waals surface area (Å²) in [6.07, 6.45) is -1.48. The Hall–Kier alpha value is -4.64. The van der Waals surface area contributed by atoms with Gasteiger partial charge in [-0.2, -0.15) is 13.2 Å². The van der Waals surface area contributed by atoms with E-state index >= 15 is 0 Å². The van der Waals surface area contributed by atoms with Crippen LogP contribution in [0.2, 0.25) is 0 Å². The molecule has 0 saturated carbocycles. The number of hydrogen-bond donors (Lipinski definition) is 2. The first-order valence-corrected chi connectivity index (χ1v) is 12.4. The van der Waals surface area contributed by atoms with Crippen molar-refractivity contribution in [2.24, 2.45) is 0 Å². The second kappa shape index (κ2) is 11.2. The highest BCUT2D eigenvalue weighted by atomic mass is 19.4. The van der Waals surface area contributed by atoms with Crippen molar-refractivity contribution in [2.75, 3.05) is 36.5 Å². The number of aromatic hydroxyl groups is 1. The number of aromatic nitrogens is 2. The summed E-state index contributed by atoms with van der Waals surface area (Å²) in [4.78, 5) is 23.8. The molecular formula is C29H25F3N4O4. The summed E-state index contributed by atoms with van der Waals surface area (Å²) in [6, 6.07) is 14.2. The second-order valence-corrected chi connectivity index (χ2v) is 9.13. The van der Waals surface area contributed by atoms with E-state index in [1.54, 1.807) is 24.4 Å². The molecule has 0 bridgehead atoms. The molecule has 2 aromatic carbocycles. The molecule has 3 heterocycles. The third-order valence-corrected chi connectivity index (χ3v) is 6.34. The number of carbonyl (C=O) groups excluding carboxylic acids is 1. The molecule has 206 valence electrons. The summed E-state index contributed by atoms with van der Waals surface area (Å²) in [5.74, 6) is 0.306. The van der Waals surface area contributed by atoms with Crippen LogP contribution in [0.15, 0.2) is 73.1 Å². The highest BCUT2D eigenvalue weighted by molar-refractivity contribution is 6.04. The number of morpholine rings is 1. The zero-order valence-electron chi connectivity index (χ0n) is 21.4. The van der Waals surface area contributed by atoms with E-state index in [0.717, 1.165) is 17.8 Å². The van der Waals surface area contributed by atoms with Crippen molar-refractivity contribution < 1.29 is 32.5 Å². The number of aryl methyl sites for hydroxylation is 1. The van der Waals surface area contributed by atoms with Crippen LogP contribution in [-0.2, 0) is 10.9 Å². The van der Waals surface area contributed by atoms with Crippen LogP contribution in [0.1, 0.15) is 21.6 Å². The molecule has 0 unspecified atom stereocenters. The molecule has 1 fully saturated rings. The second-order valence-electron chi connectivity index (χ2n) is 9.13. The SMILES string of the molecule is Cc1ncc(NC(=O)c2cccc(C(F)(F)F)c2)cc1-c1cnc(Oc2ccc(O)cc2)c(N2CCOCC2)c1. The minimum Gasteiger partial charge on any atom is -0.508 e.